The van der Waals surface area contributed by atoms with Gasteiger partial charge in [0.1, 0.15) is 12.1 Å². The number of guanidine groups is 1. The highest BCUT2D eigenvalue weighted by Gasteiger charge is 2.29. The third-order valence-electron chi connectivity index (χ3n) is 3.62. The minimum absolute atomic E-state index is 0.116. The topological polar surface area (TPSA) is 229 Å². The van der Waals surface area contributed by atoms with Gasteiger partial charge in [0.2, 0.25) is 17.7 Å². The second-order valence-electron chi connectivity index (χ2n) is 6.35. The van der Waals surface area contributed by atoms with E-state index in [0.29, 0.717) is 6.42 Å². The fraction of sp³-hybridized carbons (Fsp3) is 0.667. The Hall–Kier alpha value is -2.89. The van der Waals surface area contributed by atoms with Crippen molar-refractivity contribution < 1.29 is 24.3 Å². The molecule has 0 bridgehead atoms. The molecule has 3 atom stereocenters. The summed E-state index contributed by atoms with van der Waals surface area (Å²) in [7, 11) is 0. The zero-order valence-corrected chi connectivity index (χ0v) is 15.5. The van der Waals surface area contributed by atoms with Gasteiger partial charge in [-0.15, -0.1) is 0 Å². The summed E-state index contributed by atoms with van der Waals surface area (Å²) in [5.74, 6) is -3.94. The van der Waals surface area contributed by atoms with Crippen LogP contribution in [0.15, 0.2) is 4.99 Å². The molecule has 0 spiro atoms. The van der Waals surface area contributed by atoms with Crippen molar-refractivity contribution in [2.24, 2.45) is 33.8 Å². The van der Waals surface area contributed by atoms with Gasteiger partial charge in [0.25, 0.3) is 0 Å². The van der Waals surface area contributed by atoms with Gasteiger partial charge in [-0.25, -0.2) is 4.79 Å². The number of nitrogens with one attached hydrogen (secondary N) is 2. The van der Waals surface area contributed by atoms with Crippen LogP contribution in [0, 0.1) is 5.92 Å². The van der Waals surface area contributed by atoms with Crippen LogP contribution in [0.4, 0.5) is 0 Å². The van der Waals surface area contributed by atoms with E-state index in [1.165, 1.54) is 0 Å². The summed E-state index contributed by atoms with van der Waals surface area (Å²) in [5.41, 5.74) is 21.2. The monoisotopic (exact) mass is 387 g/mol. The average molecular weight is 387 g/mol. The molecule has 0 aromatic heterocycles. The molecule has 0 radical (unpaired) electrons. The van der Waals surface area contributed by atoms with E-state index in [1.54, 1.807) is 13.8 Å². The third kappa shape index (κ3) is 9.99. The van der Waals surface area contributed by atoms with E-state index in [9.17, 15) is 19.2 Å². The number of nitrogens with zero attached hydrogens (tertiary/aromatic N) is 1. The van der Waals surface area contributed by atoms with Crippen molar-refractivity contribution in [3.63, 3.8) is 0 Å². The highest BCUT2D eigenvalue weighted by atomic mass is 16.4. The lowest BCUT2D eigenvalue weighted by Gasteiger charge is -2.23. The van der Waals surface area contributed by atoms with Gasteiger partial charge in [0.15, 0.2) is 5.96 Å². The Kier molecular flexibility index (Phi) is 10.4. The Bertz CT molecular complexity index is 575. The van der Waals surface area contributed by atoms with E-state index in [0.717, 1.165) is 0 Å². The van der Waals surface area contributed by atoms with Gasteiger partial charge in [0, 0.05) is 6.54 Å². The number of primary amides is 1. The molecular formula is C15H29N7O5. The van der Waals surface area contributed by atoms with Crippen molar-refractivity contribution in [1.82, 2.24) is 10.6 Å². The van der Waals surface area contributed by atoms with Gasteiger partial charge in [0.05, 0.1) is 12.5 Å². The number of carboxylic acid groups (broad SMARTS) is 1. The van der Waals surface area contributed by atoms with Gasteiger partial charge in [-0.1, -0.05) is 13.8 Å². The van der Waals surface area contributed by atoms with Gasteiger partial charge >= 0.3 is 5.97 Å². The molecule has 0 saturated carbocycles. The lowest BCUT2D eigenvalue weighted by molar-refractivity contribution is -0.143. The molecule has 0 rings (SSSR count). The minimum Gasteiger partial charge on any atom is -0.480 e. The maximum atomic E-state index is 12.4. The van der Waals surface area contributed by atoms with Crippen LogP contribution in [0.25, 0.3) is 0 Å². The molecular weight excluding hydrogens is 358 g/mol. The van der Waals surface area contributed by atoms with Crippen LogP contribution in [0.2, 0.25) is 0 Å². The first-order chi connectivity index (χ1) is 12.5. The van der Waals surface area contributed by atoms with Gasteiger partial charge in [-0.2, -0.15) is 0 Å². The third-order valence-corrected chi connectivity index (χ3v) is 3.62. The molecule has 0 aliphatic rings. The fourth-order valence-electron chi connectivity index (χ4n) is 2.02. The number of carbonyl (C=O) groups is 4. The van der Waals surface area contributed by atoms with E-state index >= 15 is 0 Å². The molecule has 0 saturated heterocycles. The van der Waals surface area contributed by atoms with E-state index in [4.69, 9.17) is 28.0 Å². The summed E-state index contributed by atoms with van der Waals surface area (Å²) >= 11 is 0. The standard InChI is InChI=1S/C15H29N7O5/c1-7(2)11(17)13(25)21-8(4-3-5-20-15(18)19)12(24)22-9(14(26)27)6-10(16)23/h7-9,11H,3-6,17H2,1-2H3,(H2,16,23)(H,21,25)(H,22,24)(H,26,27)(H4,18,19,20)/t8-,9-,11-/m0/s1. The highest BCUT2D eigenvalue weighted by Crippen LogP contribution is 2.04. The minimum atomic E-state index is -1.51. The van der Waals surface area contributed by atoms with Crippen molar-refractivity contribution >= 4 is 29.7 Å². The lowest BCUT2D eigenvalue weighted by Crippen LogP contribution is -2.55. The molecule has 12 nitrogen and oxygen atoms in total. The maximum Gasteiger partial charge on any atom is 0.326 e. The fourth-order valence-corrected chi connectivity index (χ4v) is 2.02. The number of carboxylic acids is 1. The Morgan fingerprint density at radius 3 is 2.00 bits per heavy atom. The van der Waals surface area contributed by atoms with Crippen LogP contribution in [-0.4, -0.2) is 59.4 Å². The van der Waals surface area contributed by atoms with E-state index in [-0.39, 0.29) is 24.8 Å². The molecule has 0 aromatic rings. The molecule has 0 heterocycles. The maximum absolute atomic E-state index is 12.4. The number of rotatable bonds is 12. The number of carbonyl (C=O) groups excluding carboxylic acids is 3. The second kappa shape index (κ2) is 11.7. The summed E-state index contributed by atoms with van der Waals surface area (Å²) in [5, 5.41) is 13.8. The number of aliphatic carboxylic acids is 1. The Balaban J connectivity index is 5.14. The van der Waals surface area contributed by atoms with Crippen LogP contribution < -0.4 is 33.6 Å². The molecule has 0 unspecified atom stereocenters. The van der Waals surface area contributed by atoms with Crippen LogP contribution in [-0.2, 0) is 19.2 Å². The number of nitrogens with two attached hydrogens (primary N) is 4. The van der Waals surface area contributed by atoms with Crippen LogP contribution >= 0.6 is 0 Å². The average Bonchev–Trinajstić information content (AvgIpc) is 2.54. The number of aliphatic imine (C=N–C) groups is 1. The number of hydrogen-bond acceptors (Lipinski definition) is 6. The lowest BCUT2D eigenvalue weighted by atomic mass is 10.0. The molecule has 3 amide bonds. The molecule has 0 aromatic carbocycles. The van der Waals surface area contributed by atoms with Gasteiger partial charge in [-0.3, -0.25) is 19.4 Å². The number of hydrogen-bond donors (Lipinski definition) is 7. The summed E-state index contributed by atoms with van der Waals surface area (Å²) in [6, 6.07) is -3.43. The van der Waals surface area contributed by atoms with Crippen molar-refractivity contribution in [2.75, 3.05) is 6.54 Å². The number of amides is 3. The summed E-state index contributed by atoms with van der Waals surface area (Å²) in [6.07, 6.45) is -0.121. The van der Waals surface area contributed by atoms with Crippen molar-refractivity contribution in [1.29, 1.82) is 0 Å². The van der Waals surface area contributed by atoms with E-state index in [2.05, 4.69) is 15.6 Å². The Labute approximate surface area is 157 Å². The Morgan fingerprint density at radius 2 is 1.56 bits per heavy atom. The van der Waals surface area contributed by atoms with Crippen LogP contribution in [0.3, 0.4) is 0 Å². The first-order valence-corrected chi connectivity index (χ1v) is 8.38. The molecule has 0 aliphatic carbocycles. The molecule has 0 fully saturated rings. The normalized spacial score (nSPS) is 13.9. The zero-order chi connectivity index (χ0) is 21.1. The van der Waals surface area contributed by atoms with Crippen molar-refractivity contribution in [3.05, 3.63) is 0 Å². The predicted octanol–water partition coefficient (Wildman–Crippen LogP) is -3.05. The van der Waals surface area contributed by atoms with E-state index < -0.39 is 48.2 Å². The van der Waals surface area contributed by atoms with Crippen LogP contribution in [0.1, 0.15) is 33.1 Å². The summed E-state index contributed by atoms with van der Waals surface area (Å²) in [6.45, 7) is 3.69. The second-order valence-corrected chi connectivity index (χ2v) is 6.35. The largest absolute Gasteiger partial charge is 0.480 e. The van der Waals surface area contributed by atoms with Gasteiger partial charge in [-0.05, 0) is 18.8 Å². The van der Waals surface area contributed by atoms with Crippen LogP contribution in [0.5, 0.6) is 0 Å². The molecule has 0 aliphatic heterocycles. The summed E-state index contributed by atoms with van der Waals surface area (Å²) in [4.78, 5) is 50.5. The zero-order valence-electron chi connectivity index (χ0n) is 15.5. The smallest absolute Gasteiger partial charge is 0.326 e. The molecule has 154 valence electrons. The predicted molar refractivity (Wildman–Crippen MR) is 98.0 cm³/mol. The SMILES string of the molecule is CC(C)[C@H](N)C(=O)N[C@@H](CCCN=C(N)N)C(=O)N[C@@H](CC(N)=O)C(=O)O. The van der Waals surface area contributed by atoms with Crippen molar-refractivity contribution in [2.45, 2.75) is 51.2 Å². The quantitative estimate of drug-likeness (QED) is 0.103. The van der Waals surface area contributed by atoms with Gasteiger partial charge < -0.3 is 38.7 Å². The molecule has 27 heavy (non-hydrogen) atoms. The molecule has 11 N–H and O–H groups in total. The first-order valence-electron chi connectivity index (χ1n) is 8.38. The molecule has 12 heteroatoms. The van der Waals surface area contributed by atoms with Crippen molar-refractivity contribution in [3.8, 4) is 0 Å². The highest BCUT2D eigenvalue weighted by molar-refractivity contribution is 5.93. The summed E-state index contributed by atoms with van der Waals surface area (Å²) < 4.78 is 0. The Morgan fingerprint density at radius 1 is 1.00 bits per heavy atom. The first kappa shape index (κ1) is 24.1. The van der Waals surface area contributed by atoms with E-state index in [1.807, 2.05) is 0 Å².